The van der Waals surface area contributed by atoms with Crippen LogP contribution in [0.5, 0.6) is 5.75 Å². The summed E-state index contributed by atoms with van der Waals surface area (Å²) in [6, 6.07) is 7.73. The smallest absolute Gasteiger partial charge is 0.281 e. The number of ether oxygens (including phenoxy) is 1. The van der Waals surface area contributed by atoms with Crippen molar-refractivity contribution in [3.8, 4) is 5.75 Å². The molecule has 0 aliphatic carbocycles. The molecule has 0 aromatic heterocycles. The molecule has 1 aromatic rings. The Morgan fingerprint density at radius 2 is 2.00 bits per heavy atom. The molecule has 0 aliphatic rings. The standard InChI is InChI=1S/C12H16BrNO2S/c1-14(2)12(15)17-9-3-8-16-11-6-4-10(13)5-7-11/h4-7H,3,8-9H2,1-2H3. The van der Waals surface area contributed by atoms with Gasteiger partial charge in [0, 0.05) is 24.3 Å². The summed E-state index contributed by atoms with van der Waals surface area (Å²) < 4.78 is 6.58. The van der Waals surface area contributed by atoms with Gasteiger partial charge < -0.3 is 9.64 Å². The van der Waals surface area contributed by atoms with Crippen molar-refractivity contribution >= 4 is 32.9 Å². The van der Waals surface area contributed by atoms with Crippen LogP contribution in [0.3, 0.4) is 0 Å². The van der Waals surface area contributed by atoms with Crippen molar-refractivity contribution < 1.29 is 9.53 Å². The minimum atomic E-state index is 0.0913. The van der Waals surface area contributed by atoms with E-state index in [0.29, 0.717) is 6.61 Å². The summed E-state index contributed by atoms with van der Waals surface area (Å²) in [4.78, 5) is 12.8. The van der Waals surface area contributed by atoms with Crippen molar-refractivity contribution in [3.63, 3.8) is 0 Å². The quantitative estimate of drug-likeness (QED) is 0.777. The Balaban J connectivity index is 2.12. The normalized spacial score (nSPS) is 10.1. The molecule has 0 atom stereocenters. The molecule has 0 heterocycles. The first-order valence-electron chi connectivity index (χ1n) is 5.32. The fourth-order valence-corrected chi connectivity index (χ4v) is 2.03. The van der Waals surface area contributed by atoms with Gasteiger partial charge in [-0.05, 0) is 30.7 Å². The van der Waals surface area contributed by atoms with Crippen LogP contribution in [-0.2, 0) is 0 Å². The molecule has 3 nitrogen and oxygen atoms in total. The number of rotatable bonds is 5. The molecule has 1 amide bonds. The fourth-order valence-electron chi connectivity index (χ4n) is 1.07. The average molecular weight is 318 g/mol. The van der Waals surface area contributed by atoms with E-state index in [1.807, 2.05) is 24.3 Å². The summed E-state index contributed by atoms with van der Waals surface area (Å²) in [5, 5.41) is 0.0913. The molecule has 0 radical (unpaired) electrons. The van der Waals surface area contributed by atoms with Crippen molar-refractivity contribution in [1.29, 1.82) is 0 Å². The summed E-state index contributed by atoms with van der Waals surface area (Å²) in [5.41, 5.74) is 0. The van der Waals surface area contributed by atoms with Crippen LogP contribution in [-0.4, -0.2) is 36.6 Å². The lowest BCUT2D eigenvalue weighted by Gasteiger charge is -2.09. The zero-order valence-corrected chi connectivity index (χ0v) is 12.4. The molecule has 0 unspecified atom stereocenters. The topological polar surface area (TPSA) is 29.5 Å². The van der Waals surface area contributed by atoms with Crippen LogP contribution in [0.25, 0.3) is 0 Å². The van der Waals surface area contributed by atoms with Crippen LogP contribution >= 0.6 is 27.7 Å². The van der Waals surface area contributed by atoms with Gasteiger partial charge in [0.15, 0.2) is 0 Å². The number of amides is 1. The highest BCUT2D eigenvalue weighted by Crippen LogP contribution is 2.16. The minimum absolute atomic E-state index is 0.0913. The molecular weight excluding hydrogens is 302 g/mol. The molecule has 17 heavy (non-hydrogen) atoms. The number of hydrogen-bond donors (Lipinski definition) is 0. The lowest BCUT2D eigenvalue weighted by atomic mass is 10.3. The van der Waals surface area contributed by atoms with E-state index in [4.69, 9.17) is 4.74 Å². The summed E-state index contributed by atoms with van der Waals surface area (Å²) in [6.45, 7) is 0.634. The molecule has 1 aromatic carbocycles. The molecule has 0 bridgehead atoms. The van der Waals surface area contributed by atoms with E-state index in [1.54, 1.807) is 19.0 Å². The van der Waals surface area contributed by atoms with E-state index in [-0.39, 0.29) is 5.24 Å². The first-order chi connectivity index (χ1) is 8.09. The van der Waals surface area contributed by atoms with Crippen molar-refractivity contribution in [2.45, 2.75) is 6.42 Å². The maximum atomic E-state index is 11.3. The zero-order chi connectivity index (χ0) is 12.7. The Morgan fingerprint density at radius 1 is 1.35 bits per heavy atom. The van der Waals surface area contributed by atoms with Crippen LogP contribution in [0.4, 0.5) is 4.79 Å². The van der Waals surface area contributed by atoms with Crippen LogP contribution < -0.4 is 4.74 Å². The second-order valence-electron chi connectivity index (χ2n) is 3.66. The van der Waals surface area contributed by atoms with E-state index in [1.165, 1.54) is 11.8 Å². The lowest BCUT2D eigenvalue weighted by molar-refractivity contribution is 0.241. The highest BCUT2D eigenvalue weighted by molar-refractivity contribution is 9.10. The number of nitrogens with zero attached hydrogens (tertiary/aromatic N) is 1. The number of thioether (sulfide) groups is 1. The van der Waals surface area contributed by atoms with Gasteiger partial charge in [-0.2, -0.15) is 0 Å². The molecule has 94 valence electrons. The van der Waals surface area contributed by atoms with Gasteiger partial charge in [0.1, 0.15) is 5.75 Å². The maximum absolute atomic E-state index is 11.3. The Hall–Kier alpha value is -0.680. The summed E-state index contributed by atoms with van der Waals surface area (Å²) in [7, 11) is 3.52. The molecule has 0 saturated carbocycles. The van der Waals surface area contributed by atoms with E-state index in [9.17, 15) is 4.79 Å². The van der Waals surface area contributed by atoms with Crippen molar-refractivity contribution in [1.82, 2.24) is 4.90 Å². The molecule has 0 aliphatic heterocycles. The van der Waals surface area contributed by atoms with Crippen molar-refractivity contribution in [2.75, 3.05) is 26.5 Å². The first-order valence-corrected chi connectivity index (χ1v) is 7.10. The maximum Gasteiger partial charge on any atom is 0.281 e. The Labute approximate surface area is 115 Å². The predicted octanol–water partition coefficient (Wildman–Crippen LogP) is 3.63. The van der Waals surface area contributed by atoms with Crippen LogP contribution in [0, 0.1) is 0 Å². The van der Waals surface area contributed by atoms with Gasteiger partial charge in [-0.15, -0.1) is 0 Å². The third kappa shape index (κ3) is 5.98. The Bertz CT molecular complexity index is 354. The van der Waals surface area contributed by atoms with Gasteiger partial charge >= 0.3 is 0 Å². The number of carbonyl (C=O) groups excluding carboxylic acids is 1. The average Bonchev–Trinajstić information content (AvgIpc) is 2.30. The van der Waals surface area contributed by atoms with Crippen LogP contribution in [0.15, 0.2) is 28.7 Å². The first kappa shape index (κ1) is 14.4. The Morgan fingerprint density at radius 3 is 2.59 bits per heavy atom. The number of carbonyl (C=O) groups is 1. The predicted molar refractivity (Wildman–Crippen MR) is 75.8 cm³/mol. The van der Waals surface area contributed by atoms with E-state index in [2.05, 4.69) is 15.9 Å². The van der Waals surface area contributed by atoms with Gasteiger partial charge in [-0.3, -0.25) is 4.79 Å². The molecular formula is C12H16BrNO2S. The second kappa shape index (κ2) is 7.61. The second-order valence-corrected chi connectivity index (χ2v) is 5.63. The number of halogens is 1. The molecule has 0 saturated heterocycles. The fraction of sp³-hybridized carbons (Fsp3) is 0.417. The highest BCUT2D eigenvalue weighted by atomic mass is 79.9. The third-order valence-electron chi connectivity index (χ3n) is 1.96. The Kier molecular flexibility index (Phi) is 6.44. The van der Waals surface area contributed by atoms with Crippen molar-refractivity contribution in [3.05, 3.63) is 28.7 Å². The van der Waals surface area contributed by atoms with Gasteiger partial charge in [-0.1, -0.05) is 27.7 Å². The van der Waals surface area contributed by atoms with Crippen molar-refractivity contribution in [2.24, 2.45) is 0 Å². The van der Waals surface area contributed by atoms with Gasteiger partial charge in [0.25, 0.3) is 5.24 Å². The molecule has 5 heteroatoms. The van der Waals surface area contributed by atoms with Gasteiger partial charge in [0.2, 0.25) is 0 Å². The summed E-state index contributed by atoms with van der Waals surface area (Å²) in [5.74, 6) is 1.64. The number of hydrogen-bond acceptors (Lipinski definition) is 3. The lowest BCUT2D eigenvalue weighted by Crippen LogP contribution is -2.17. The highest BCUT2D eigenvalue weighted by Gasteiger charge is 2.03. The number of benzene rings is 1. The third-order valence-corrected chi connectivity index (χ3v) is 3.60. The minimum Gasteiger partial charge on any atom is -0.494 e. The van der Waals surface area contributed by atoms with Crippen LogP contribution in [0.1, 0.15) is 6.42 Å². The van der Waals surface area contributed by atoms with Gasteiger partial charge in [-0.25, -0.2) is 0 Å². The monoisotopic (exact) mass is 317 g/mol. The van der Waals surface area contributed by atoms with E-state index >= 15 is 0 Å². The van der Waals surface area contributed by atoms with E-state index in [0.717, 1.165) is 22.4 Å². The summed E-state index contributed by atoms with van der Waals surface area (Å²) >= 11 is 4.69. The van der Waals surface area contributed by atoms with Crippen LogP contribution in [0.2, 0.25) is 0 Å². The zero-order valence-electron chi connectivity index (χ0n) is 9.98. The SMILES string of the molecule is CN(C)C(=O)SCCCOc1ccc(Br)cc1. The molecule has 0 spiro atoms. The summed E-state index contributed by atoms with van der Waals surface area (Å²) in [6.07, 6.45) is 0.861. The molecule has 0 N–H and O–H groups in total. The van der Waals surface area contributed by atoms with Gasteiger partial charge in [0.05, 0.1) is 6.61 Å². The molecule has 1 rings (SSSR count). The molecule has 0 fully saturated rings. The van der Waals surface area contributed by atoms with E-state index < -0.39 is 0 Å². The largest absolute Gasteiger partial charge is 0.494 e.